The van der Waals surface area contributed by atoms with E-state index in [0.717, 1.165) is 70.6 Å². The summed E-state index contributed by atoms with van der Waals surface area (Å²) in [4.78, 5) is 13.2. The molecule has 0 saturated carbocycles. The van der Waals surface area contributed by atoms with Gasteiger partial charge in [-0.15, -0.1) is 0 Å². The lowest BCUT2D eigenvalue weighted by atomic mass is 9.97. The van der Waals surface area contributed by atoms with E-state index in [1.807, 2.05) is 6.08 Å². The molecular formula is C59H105NO13. The van der Waals surface area contributed by atoms with Gasteiger partial charge in [-0.1, -0.05) is 209 Å². The number of amides is 1. The summed E-state index contributed by atoms with van der Waals surface area (Å²) >= 11 is 0. The van der Waals surface area contributed by atoms with Crippen LogP contribution in [-0.4, -0.2) is 140 Å². The number of carbonyl (C=O) groups excluding carboxylic acids is 1. The fourth-order valence-electron chi connectivity index (χ4n) is 9.28. The van der Waals surface area contributed by atoms with Gasteiger partial charge in [0, 0.05) is 6.42 Å². The van der Waals surface area contributed by atoms with Gasteiger partial charge in [0.1, 0.15) is 48.8 Å². The summed E-state index contributed by atoms with van der Waals surface area (Å²) in [5, 5.41) is 87.0. The highest BCUT2D eigenvalue weighted by Gasteiger charge is 2.51. The van der Waals surface area contributed by atoms with Crippen molar-refractivity contribution in [2.75, 3.05) is 19.8 Å². The molecule has 1 amide bonds. The van der Waals surface area contributed by atoms with Gasteiger partial charge in [0.25, 0.3) is 0 Å². The van der Waals surface area contributed by atoms with Crippen LogP contribution < -0.4 is 5.32 Å². The second kappa shape index (κ2) is 44.8. The fraction of sp³-hybridized carbons (Fsp3) is 0.814. The second-order valence-corrected chi connectivity index (χ2v) is 20.4. The van der Waals surface area contributed by atoms with Crippen molar-refractivity contribution in [3.8, 4) is 0 Å². The summed E-state index contributed by atoms with van der Waals surface area (Å²) in [5.74, 6) is -0.244. The second-order valence-electron chi connectivity index (χ2n) is 20.4. The quantitative estimate of drug-likeness (QED) is 0.0205. The number of carbonyl (C=O) groups is 1. The van der Waals surface area contributed by atoms with Gasteiger partial charge in [-0.3, -0.25) is 4.79 Å². The Bertz CT molecular complexity index is 1450. The Hall–Kier alpha value is -2.31. The van der Waals surface area contributed by atoms with Gasteiger partial charge in [0.2, 0.25) is 5.91 Å². The van der Waals surface area contributed by atoms with Crippen molar-refractivity contribution < 1.29 is 64.6 Å². The van der Waals surface area contributed by atoms with E-state index in [2.05, 4.69) is 67.8 Å². The highest BCUT2D eigenvalue weighted by molar-refractivity contribution is 5.76. The van der Waals surface area contributed by atoms with Gasteiger partial charge in [0.15, 0.2) is 12.6 Å². The minimum Gasteiger partial charge on any atom is -0.394 e. The van der Waals surface area contributed by atoms with E-state index in [0.29, 0.717) is 6.42 Å². The molecule has 12 atom stereocenters. The van der Waals surface area contributed by atoms with Crippen molar-refractivity contribution in [3.63, 3.8) is 0 Å². The van der Waals surface area contributed by atoms with Crippen LogP contribution in [0.2, 0.25) is 0 Å². The van der Waals surface area contributed by atoms with Crippen molar-refractivity contribution in [1.29, 1.82) is 0 Å². The van der Waals surface area contributed by atoms with Crippen molar-refractivity contribution in [2.45, 2.75) is 286 Å². The number of ether oxygens (including phenoxy) is 4. The number of hydrogen-bond donors (Lipinski definition) is 9. The zero-order chi connectivity index (χ0) is 53.2. The van der Waals surface area contributed by atoms with E-state index in [1.165, 1.54) is 116 Å². The Morgan fingerprint density at radius 3 is 1.45 bits per heavy atom. The van der Waals surface area contributed by atoms with Crippen LogP contribution in [-0.2, 0) is 23.7 Å². The lowest BCUT2D eigenvalue weighted by Crippen LogP contribution is -2.65. The first-order chi connectivity index (χ1) is 35.6. The van der Waals surface area contributed by atoms with Crippen molar-refractivity contribution >= 4 is 5.91 Å². The number of allylic oxidation sites excluding steroid dienone is 9. The van der Waals surface area contributed by atoms with Gasteiger partial charge in [-0.05, 0) is 57.8 Å². The first-order valence-corrected chi connectivity index (χ1v) is 29.0. The number of rotatable bonds is 45. The molecule has 2 aliphatic rings. The van der Waals surface area contributed by atoms with Gasteiger partial charge in [-0.2, -0.15) is 0 Å². The van der Waals surface area contributed by atoms with E-state index >= 15 is 0 Å². The molecule has 14 nitrogen and oxygen atoms in total. The molecule has 73 heavy (non-hydrogen) atoms. The minimum absolute atomic E-state index is 0.244. The molecular weight excluding hydrogens is 931 g/mol. The SMILES string of the molecule is CC/C=C\C/C=C\C/C=C\C/C=C\CCCCCCCCCCCCCCC(=O)NC(COC1OC(CO)C(OC2OC(CO)C(O)C(O)C2O)C(O)C1O)C(O)/C=C/CCCCCCCCCCCCCC. The Morgan fingerprint density at radius 2 is 0.945 bits per heavy atom. The summed E-state index contributed by atoms with van der Waals surface area (Å²) in [6, 6.07) is -0.917. The molecule has 0 aliphatic carbocycles. The summed E-state index contributed by atoms with van der Waals surface area (Å²) in [6.07, 6.45) is 39.7. The predicted molar refractivity (Wildman–Crippen MR) is 290 cm³/mol. The third-order valence-corrected chi connectivity index (χ3v) is 14.0. The summed E-state index contributed by atoms with van der Waals surface area (Å²) in [6.45, 7) is 2.68. The van der Waals surface area contributed by atoms with E-state index < -0.39 is 86.8 Å². The van der Waals surface area contributed by atoms with Crippen LogP contribution in [0.1, 0.15) is 213 Å². The lowest BCUT2D eigenvalue weighted by Gasteiger charge is -2.46. The Balaban J connectivity index is 1.74. The maximum atomic E-state index is 13.2. The summed E-state index contributed by atoms with van der Waals surface area (Å²) in [7, 11) is 0. The van der Waals surface area contributed by atoms with E-state index in [4.69, 9.17) is 18.9 Å². The molecule has 2 saturated heterocycles. The number of hydrogen-bond acceptors (Lipinski definition) is 13. The van der Waals surface area contributed by atoms with Gasteiger partial charge in [-0.25, -0.2) is 0 Å². The molecule has 2 aliphatic heterocycles. The van der Waals surface area contributed by atoms with E-state index in [-0.39, 0.29) is 18.9 Å². The monoisotopic (exact) mass is 1040 g/mol. The topological polar surface area (TPSA) is 228 Å². The molecule has 0 aromatic carbocycles. The highest BCUT2D eigenvalue weighted by atomic mass is 16.7. The van der Waals surface area contributed by atoms with Gasteiger partial charge < -0.3 is 65.1 Å². The third-order valence-electron chi connectivity index (χ3n) is 14.0. The van der Waals surface area contributed by atoms with Crippen LogP contribution in [0.15, 0.2) is 60.8 Å². The number of nitrogens with one attached hydrogen (secondary N) is 1. The van der Waals surface area contributed by atoms with Crippen molar-refractivity contribution in [1.82, 2.24) is 5.32 Å². The number of unbranched alkanes of at least 4 members (excludes halogenated alkanes) is 24. The third kappa shape index (κ3) is 30.9. The van der Waals surface area contributed by atoms with E-state index in [1.54, 1.807) is 6.08 Å². The van der Waals surface area contributed by atoms with Gasteiger partial charge >= 0.3 is 0 Å². The fourth-order valence-corrected chi connectivity index (χ4v) is 9.28. The van der Waals surface area contributed by atoms with Crippen molar-refractivity contribution in [3.05, 3.63) is 60.8 Å². The molecule has 12 unspecified atom stereocenters. The highest BCUT2D eigenvalue weighted by Crippen LogP contribution is 2.30. The molecule has 9 N–H and O–H groups in total. The minimum atomic E-state index is -1.79. The lowest BCUT2D eigenvalue weighted by molar-refractivity contribution is -0.359. The standard InChI is InChI=1S/C59H105NO13/c1-3-5-7-9-11-13-15-17-19-20-21-22-23-24-25-26-27-28-29-31-33-35-37-39-41-43-51(64)60-47(48(63)42-40-38-36-34-32-30-18-16-14-12-10-8-6-4-2)46-70-58-56(69)54(67)57(50(45-62)72-58)73-59-55(68)53(66)52(65)49(44-61)71-59/h5,7,11,13,17,19,21-22,40,42,47-50,52-59,61-63,65-69H,3-4,6,8-10,12,14-16,18,20,23-39,41,43-46H2,1-2H3,(H,60,64)/b7-5-,13-11-,19-17-,22-21-,42-40+. The number of aliphatic hydroxyl groups excluding tert-OH is 8. The summed E-state index contributed by atoms with van der Waals surface area (Å²) in [5.41, 5.74) is 0. The van der Waals surface area contributed by atoms with Crippen LogP contribution in [0.25, 0.3) is 0 Å². The predicted octanol–water partition coefficient (Wildman–Crippen LogP) is 9.39. The smallest absolute Gasteiger partial charge is 0.220 e. The molecule has 0 radical (unpaired) electrons. The molecule has 424 valence electrons. The van der Waals surface area contributed by atoms with Crippen LogP contribution in [0, 0.1) is 0 Å². The van der Waals surface area contributed by atoms with Crippen molar-refractivity contribution in [2.24, 2.45) is 0 Å². The summed E-state index contributed by atoms with van der Waals surface area (Å²) < 4.78 is 22.7. The largest absolute Gasteiger partial charge is 0.394 e. The molecule has 2 rings (SSSR count). The molecule has 0 bridgehead atoms. The normalized spacial score (nSPS) is 25.8. The van der Waals surface area contributed by atoms with E-state index in [9.17, 15) is 45.6 Å². The van der Waals surface area contributed by atoms with Crippen LogP contribution in [0.5, 0.6) is 0 Å². The molecule has 2 heterocycles. The average Bonchev–Trinajstić information content (AvgIpc) is 3.39. The van der Waals surface area contributed by atoms with Gasteiger partial charge in [0.05, 0.1) is 32.0 Å². The Labute approximate surface area is 441 Å². The zero-order valence-electron chi connectivity index (χ0n) is 45.4. The van der Waals surface area contributed by atoms with Crippen LogP contribution in [0.3, 0.4) is 0 Å². The first-order valence-electron chi connectivity index (χ1n) is 29.0. The average molecular weight is 1040 g/mol. The first kappa shape index (κ1) is 66.8. The molecule has 0 spiro atoms. The molecule has 0 aromatic heterocycles. The zero-order valence-corrected chi connectivity index (χ0v) is 45.4. The number of aliphatic hydroxyl groups is 8. The maximum Gasteiger partial charge on any atom is 0.220 e. The molecule has 14 heteroatoms. The Morgan fingerprint density at radius 1 is 0.507 bits per heavy atom. The molecule has 2 fully saturated rings. The van der Waals surface area contributed by atoms with Crippen LogP contribution in [0.4, 0.5) is 0 Å². The van der Waals surface area contributed by atoms with Crippen LogP contribution >= 0.6 is 0 Å². The Kier molecular flexibility index (Phi) is 41.0. The maximum absolute atomic E-state index is 13.2. The molecule has 0 aromatic rings.